The smallest absolute Gasteiger partial charge is 0.306 e. The molecule has 3 heteroatoms. The second-order valence-corrected chi connectivity index (χ2v) is 3.87. The molecule has 0 spiro atoms. The molecule has 0 bridgehead atoms. The Kier molecular flexibility index (Phi) is 4.16. The molecule has 0 aliphatic heterocycles. The van der Waals surface area contributed by atoms with Gasteiger partial charge in [0, 0.05) is 5.69 Å². The van der Waals surface area contributed by atoms with Crippen molar-refractivity contribution in [1.29, 1.82) is 0 Å². The zero-order chi connectivity index (χ0) is 11.3. The lowest BCUT2D eigenvalue weighted by Crippen LogP contribution is -2.09. The fourth-order valence-corrected chi connectivity index (χ4v) is 1.42. The van der Waals surface area contributed by atoms with Gasteiger partial charge in [-0.25, -0.2) is 0 Å². The summed E-state index contributed by atoms with van der Waals surface area (Å²) in [7, 11) is 0. The first-order valence-corrected chi connectivity index (χ1v) is 5.17. The standard InChI is InChI=1S/C12H17NO2/c1-9(12(14)15)3-2-4-10-5-7-11(13)8-6-10/h5-9H,2-4,13H2,1H3,(H,14,15). The van der Waals surface area contributed by atoms with Crippen molar-refractivity contribution in [3.8, 4) is 0 Å². The summed E-state index contributed by atoms with van der Waals surface area (Å²) in [5, 5.41) is 8.70. The molecule has 1 rings (SSSR count). The summed E-state index contributed by atoms with van der Waals surface area (Å²) < 4.78 is 0. The monoisotopic (exact) mass is 207 g/mol. The topological polar surface area (TPSA) is 63.3 Å². The predicted octanol–water partition coefficient (Wildman–Crippen LogP) is 2.31. The van der Waals surface area contributed by atoms with Crippen LogP contribution in [0.15, 0.2) is 24.3 Å². The summed E-state index contributed by atoms with van der Waals surface area (Å²) in [6, 6.07) is 7.72. The number of carboxylic acid groups (broad SMARTS) is 1. The average Bonchev–Trinajstić information content (AvgIpc) is 2.20. The molecule has 0 heterocycles. The Morgan fingerprint density at radius 1 is 1.40 bits per heavy atom. The van der Waals surface area contributed by atoms with Gasteiger partial charge in [-0.05, 0) is 37.0 Å². The summed E-state index contributed by atoms with van der Waals surface area (Å²) in [5.74, 6) is -0.967. The van der Waals surface area contributed by atoms with Crippen LogP contribution in [0.25, 0.3) is 0 Å². The first-order valence-electron chi connectivity index (χ1n) is 5.17. The number of anilines is 1. The Morgan fingerprint density at radius 2 is 2.00 bits per heavy atom. The Balaban J connectivity index is 2.32. The summed E-state index contributed by atoms with van der Waals surface area (Å²) >= 11 is 0. The Bertz CT molecular complexity index is 319. The van der Waals surface area contributed by atoms with E-state index in [0.717, 1.165) is 24.9 Å². The quantitative estimate of drug-likeness (QED) is 0.728. The van der Waals surface area contributed by atoms with Gasteiger partial charge in [0.1, 0.15) is 0 Å². The van der Waals surface area contributed by atoms with Crippen molar-refractivity contribution in [2.24, 2.45) is 5.92 Å². The molecular weight excluding hydrogens is 190 g/mol. The van der Waals surface area contributed by atoms with Crippen LogP contribution in [0, 0.1) is 5.92 Å². The minimum absolute atomic E-state index is 0.251. The normalized spacial score (nSPS) is 12.3. The van der Waals surface area contributed by atoms with E-state index in [4.69, 9.17) is 10.8 Å². The molecule has 0 aliphatic carbocycles. The molecule has 1 aromatic rings. The molecular formula is C12H17NO2. The van der Waals surface area contributed by atoms with Crippen molar-refractivity contribution in [1.82, 2.24) is 0 Å². The molecule has 0 saturated heterocycles. The van der Waals surface area contributed by atoms with Gasteiger partial charge in [-0.15, -0.1) is 0 Å². The van der Waals surface area contributed by atoms with E-state index >= 15 is 0 Å². The fourth-order valence-electron chi connectivity index (χ4n) is 1.42. The molecule has 0 aromatic heterocycles. The third kappa shape index (κ3) is 4.02. The second-order valence-electron chi connectivity index (χ2n) is 3.87. The molecule has 0 aliphatic rings. The molecule has 3 N–H and O–H groups in total. The largest absolute Gasteiger partial charge is 0.481 e. The maximum atomic E-state index is 10.6. The maximum absolute atomic E-state index is 10.6. The molecule has 3 nitrogen and oxygen atoms in total. The minimum atomic E-state index is -0.715. The van der Waals surface area contributed by atoms with Gasteiger partial charge in [-0.2, -0.15) is 0 Å². The van der Waals surface area contributed by atoms with Crippen LogP contribution in [0.4, 0.5) is 5.69 Å². The summed E-state index contributed by atoms with van der Waals surface area (Å²) in [5.41, 5.74) is 7.54. The van der Waals surface area contributed by atoms with Crippen LogP contribution in [0.2, 0.25) is 0 Å². The molecule has 82 valence electrons. The van der Waals surface area contributed by atoms with E-state index in [0.29, 0.717) is 0 Å². The molecule has 15 heavy (non-hydrogen) atoms. The second kappa shape index (κ2) is 5.39. The van der Waals surface area contributed by atoms with E-state index in [-0.39, 0.29) is 5.92 Å². The minimum Gasteiger partial charge on any atom is -0.481 e. The van der Waals surface area contributed by atoms with E-state index in [1.165, 1.54) is 5.56 Å². The Labute approximate surface area is 89.9 Å². The fraction of sp³-hybridized carbons (Fsp3) is 0.417. The van der Waals surface area contributed by atoms with E-state index in [1.54, 1.807) is 6.92 Å². The van der Waals surface area contributed by atoms with Gasteiger partial charge in [0.15, 0.2) is 0 Å². The van der Waals surface area contributed by atoms with Crippen molar-refractivity contribution in [3.63, 3.8) is 0 Å². The Hall–Kier alpha value is -1.51. The van der Waals surface area contributed by atoms with Crippen molar-refractivity contribution in [2.75, 3.05) is 5.73 Å². The molecule has 0 amide bonds. The van der Waals surface area contributed by atoms with E-state index in [2.05, 4.69) is 0 Å². The summed E-state index contributed by atoms with van der Waals surface area (Å²) in [6.45, 7) is 1.74. The van der Waals surface area contributed by atoms with Crippen LogP contribution in [0.1, 0.15) is 25.3 Å². The van der Waals surface area contributed by atoms with Crippen LogP contribution in [-0.4, -0.2) is 11.1 Å². The summed E-state index contributed by atoms with van der Waals surface area (Å²) in [6.07, 6.45) is 2.54. The van der Waals surface area contributed by atoms with Crippen molar-refractivity contribution >= 4 is 11.7 Å². The van der Waals surface area contributed by atoms with E-state index < -0.39 is 5.97 Å². The third-order valence-electron chi connectivity index (χ3n) is 2.50. The highest BCUT2D eigenvalue weighted by atomic mass is 16.4. The van der Waals surface area contributed by atoms with Gasteiger partial charge in [0.05, 0.1) is 5.92 Å². The van der Waals surface area contributed by atoms with Gasteiger partial charge >= 0.3 is 5.97 Å². The molecule has 0 saturated carbocycles. The highest BCUT2D eigenvalue weighted by Gasteiger charge is 2.09. The average molecular weight is 207 g/mol. The number of nitrogens with two attached hydrogens (primary N) is 1. The number of hydrogen-bond acceptors (Lipinski definition) is 2. The molecule has 1 atom stereocenters. The third-order valence-corrected chi connectivity index (χ3v) is 2.50. The van der Waals surface area contributed by atoms with Gasteiger partial charge < -0.3 is 10.8 Å². The molecule has 1 aromatic carbocycles. The van der Waals surface area contributed by atoms with Crippen LogP contribution >= 0.6 is 0 Å². The summed E-state index contributed by atoms with van der Waals surface area (Å²) in [4.78, 5) is 10.6. The lowest BCUT2D eigenvalue weighted by molar-refractivity contribution is -0.141. The highest BCUT2D eigenvalue weighted by Crippen LogP contribution is 2.12. The van der Waals surface area contributed by atoms with E-state index in [9.17, 15) is 4.79 Å². The first kappa shape index (κ1) is 11.6. The van der Waals surface area contributed by atoms with E-state index in [1.807, 2.05) is 24.3 Å². The highest BCUT2D eigenvalue weighted by molar-refractivity contribution is 5.69. The van der Waals surface area contributed by atoms with Gasteiger partial charge in [0.25, 0.3) is 0 Å². The number of aryl methyl sites for hydroxylation is 1. The van der Waals surface area contributed by atoms with Crippen LogP contribution < -0.4 is 5.73 Å². The molecule has 0 fully saturated rings. The number of carbonyl (C=O) groups is 1. The van der Waals surface area contributed by atoms with Crippen molar-refractivity contribution < 1.29 is 9.90 Å². The van der Waals surface area contributed by atoms with Crippen molar-refractivity contribution in [3.05, 3.63) is 29.8 Å². The zero-order valence-corrected chi connectivity index (χ0v) is 8.94. The lowest BCUT2D eigenvalue weighted by atomic mass is 10.0. The number of benzene rings is 1. The maximum Gasteiger partial charge on any atom is 0.306 e. The van der Waals surface area contributed by atoms with Gasteiger partial charge in [0.2, 0.25) is 0 Å². The number of nitrogen functional groups attached to an aromatic ring is 1. The number of hydrogen-bond donors (Lipinski definition) is 2. The lowest BCUT2D eigenvalue weighted by Gasteiger charge is -2.05. The predicted molar refractivity (Wildman–Crippen MR) is 60.6 cm³/mol. The van der Waals surface area contributed by atoms with Crippen molar-refractivity contribution in [2.45, 2.75) is 26.2 Å². The molecule has 1 unspecified atom stereocenters. The van der Waals surface area contributed by atoms with Crippen LogP contribution in [0.3, 0.4) is 0 Å². The SMILES string of the molecule is CC(CCCc1ccc(N)cc1)C(=O)O. The van der Waals surface area contributed by atoms with Gasteiger partial charge in [-0.3, -0.25) is 4.79 Å². The van der Waals surface area contributed by atoms with Crippen LogP contribution in [0.5, 0.6) is 0 Å². The number of rotatable bonds is 5. The Morgan fingerprint density at radius 3 is 2.53 bits per heavy atom. The number of aliphatic carboxylic acids is 1. The van der Waals surface area contributed by atoms with Gasteiger partial charge in [-0.1, -0.05) is 19.1 Å². The first-order chi connectivity index (χ1) is 7.09. The molecule has 0 radical (unpaired) electrons. The number of carboxylic acids is 1. The van der Waals surface area contributed by atoms with Crippen LogP contribution in [-0.2, 0) is 11.2 Å². The zero-order valence-electron chi connectivity index (χ0n) is 8.94.